The van der Waals surface area contributed by atoms with Gasteiger partial charge in [-0.25, -0.2) is 9.07 Å². The number of rotatable bonds is 5. The summed E-state index contributed by atoms with van der Waals surface area (Å²) >= 11 is 5.08. The molecule has 0 bridgehead atoms. The van der Waals surface area contributed by atoms with Crippen LogP contribution in [0.3, 0.4) is 0 Å². The van der Waals surface area contributed by atoms with Crippen molar-refractivity contribution in [2.24, 2.45) is 0 Å². The minimum absolute atomic E-state index is 0.0152. The lowest BCUT2D eigenvalue weighted by molar-refractivity contribution is -0.384. The van der Waals surface area contributed by atoms with Gasteiger partial charge < -0.3 is 9.52 Å². The Labute approximate surface area is 146 Å². The van der Waals surface area contributed by atoms with Crippen LogP contribution < -0.4 is 0 Å². The molecule has 2 aromatic carbocycles. The maximum atomic E-state index is 13.0. The number of hydrogen-bond acceptors (Lipinski definition) is 6. The van der Waals surface area contributed by atoms with Crippen molar-refractivity contribution >= 4 is 17.9 Å². The Kier molecular flexibility index (Phi) is 4.68. The van der Waals surface area contributed by atoms with Gasteiger partial charge >= 0.3 is 0 Å². The normalized spacial score (nSPS) is 12.1. The molecular weight excluding hydrogens is 349 g/mol. The van der Waals surface area contributed by atoms with E-state index < -0.39 is 11.0 Å². The highest BCUT2D eigenvalue weighted by atomic mass is 32.1. The summed E-state index contributed by atoms with van der Waals surface area (Å²) in [5.41, 5.74) is 0.975. The summed E-state index contributed by atoms with van der Waals surface area (Å²) < 4.78 is 19.7. The number of aliphatic hydroxyl groups is 1. The van der Waals surface area contributed by atoms with Gasteiger partial charge in [0.05, 0.1) is 17.6 Å². The van der Waals surface area contributed by atoms with Crippen molar-refractivity contribution in [1.82, 2.24) is 9.78 Å². The zero-order chi connectivity index (χ0) is 18.0. The Bertz CT molecular complexity index is 951. The summed E-state index contributed by atoms with van der Waals surface area (Å²) in [7, 11) is 0. The number of nitrogens with zero attached hydrogens (tertiary/aromatic N) is 3. The summed E-state index contributed by atoms with van der Waals surface area (Å²) in [6.45, 7) is 0.0152. The molecule has 3 rings (SSSR count). The number of hydrogen-bond donors (Lipinski definition) is 1. The Hall–Kier alpha value is -2.91. The van der Waals surface area contributed by atoms with Crippen molar-refractivity contribution in [3.05, 3.63) is 74.9 Å². The Morgan fingerprint density at radius 3 is 2.48 bits per heavy atom. The number of nitro benzene ring substituents is 1. The van der Waals surface area contributed by atoms with Crippen molar-refractivity contribution in [3.63, 3.8) is 0 Å². The van der Waals surface area contributed by atoms with Crippen LogP contribution >= 0.6 is 12.2 Å². The first-order valence-electron chi connectivity index (χ1n) is 7.20. The average Bonchev–Trinajstić information content (AvgIpc) is 2.96. The van der Waals surface area contributed by atoms with Gasteiger partial charge in [0.25, 0.3) is 10.5 Å². The van der Waals surface area contributed by atoms with Gasteiger partial charge in [0.1, 0.15) is 5.82 Å². The van der Waals surface area contributed by atoms with Crippen LogP contribution in [0, 0.1) is 20.8 Å². The Balaban J connectivity index is 1.79. The van der Waals surface area contributed by atoms with Gasteiger partial charge in [-0.05, 0) is 54.2 Å². The Morgan fingerprint density at radius 1 is 1.24 bits per heavy atom. The molecule has 7 nitrogen and oxygen atoms in total. The molecular formula is C16H12FN3O4S. The van der Waals surface area contributed by atoms with Crippen LogP contribution in [0.1, 0.15) is 11.7 Å². The van der Waals surface area contributed by atoms with Gasteiger partial charge in [-0.3, -0.25) is 10.1 Å². The van der Waals surface area contributed by atoms with Crippen LogP contribution in [0.4, 0.5) is 10.1 Å². The molecule has 1 atom stereocenters. The predicted octanol–water partition coefficient (Wildman–Crippen LogP) is 3.65. The van der Waals surface area contributed by atoms with Crippen molar-refractivity contribution in [2.45, 2.75) is 12.6 Å². The summed E-state index contributed by atoms with van der Waals surface area (Å²) in [6.07, 6.45) is -0.973. The molecule has 3 aromatic rings. The van der Waals surface area contributed by atoms with Crippen molar-refractivity contribution in [3.8, 4) is 11.5 Å². The highest BCUT2D eigenvalue weighted by Crippen LogP contribution is 2.22. The van der Waals surface area contributed by atoms with Crippen molar-refractivity contribution < 1.29 is 18.8 Å². The second kappa shape index (κ2) is 6.91. The van der Waals surface area contributed by atoms with Gasteiger partial charge in [0.2, 0.25) is 5.89 Å². The van der Waals surface area contributed by atoms with Gasteiger partial charge in [-0.1, -0.05) is 0 Å². The SMILES string of the molecule is O=[N+]([O-])c1ccc([C@H](O)Cn2nc(-c3ccc(F)cc3)oc2=S)cc1. The molecule has 1 heterocycles. The van der Waals surface area contributed by atoms with E-state index >= 15 is 0 Å². The molecule has 0 fully saturated rings. The molecule has 128 valence electrons. The molecule has 9 heteroatoms. The fraction of sp³-hybridized carbons (Fsp3) is 0.125. The van der Waals surface area contributed by atoms with E-state index in [1.165, 1.54) is 53.2 Å². The third-order valence-corrected chi connectivity index (χ3v) is 3.83. The van der Waals surface area contributed by atoms with E-state index in [-0.39, 0.29) is 28.8 Å². The first-order chi connectivity index (χ1) is 11.9. The van der Waals surface area contributed by atoms with Crippen LogP contribution in [0.15, 0.2) is 52.9 Å². The number of nitro groups is 1. The van der Waals surface area contributed by atoms with Crippen LogP contribution in [0.2, 0.25) is 0 Å². The molecule has 0 saturated heterocycles. The lowest BCUT2D eigenvalue weighted by Gasteiger charge is -2.09. The lowest BCUT2D eigenvalue weighted by atomic mass is 10.1. The maximum absolute atomic E-state index is 13.0. The number of aliphatic hydroxyl groups excluding tert-OH is 1. The van der Waals surface area contributed by atoms with E-state index in [0.717, 1.165) is 0 Å². The minimum atomic E-state index is -0.973. The van der Waals surface area contributed by atoms with E-state index in [0.29, 0.717) is 11.1 Å². The topological polar surface area (TPSA) is 94.3 Å². The smallest absolute Gasteiger partial charge is 0.287 e. The van der Waals surface area contributed by atoms with Gasteiger partial charge in [-0.15, -0.1) is 5.10 Å². The fourth-order valence-electron chi connectivity index (χ4n) is 2.22. The fourth-order valence-corrected chi connectivity index (χ4v) is 2.41. The Morgan fingerprint density at radius 2 is 1.88 bits per heavy atom. The summed E-state index contributed by atoms with van der Waals surface area (Å²) in [4.78, 5) is 10.2. The maximum Gasteiger partial charge on any atom is 0.287 e. The molecule has 0 spiro atoms. The van der Waals surface area contributed by atoms with Crippen LogP contribution in [0.25, 0.3) is 11.5 Å². The minimum Gasteiger partial charge on any atom is -0.409 e. The molecule has 0 saturated carbocycles. The predicted molar refractivity (Wildman–Crippen MR) is 88.8 cm³/mol. The first-order valence-corrected chi connectivity index (χ1v) is 7.61. The third kappa shape index (κ3) is 3.78. The van der Waals surface area contributed by atoms with Crippen molar-refractivity contribution in [2.75, 3.05) is 0 Å². The monoisotopic (exact) mass is 361 g/mol. The first kappa shape index (κ1) is 16.9. The van der Waals surface area contributed by atoms with E-state index in [1.807, 2.05) is 0 Å². The lowest BCUT2D eigenvalue weighted by Crippen LogP contribution is -2.10. The number of aromatic nitrogens is 2. The van der Waals surface area contributed by atoms with E-state index in [4.69, 9.17) is 16.6 Å². The summed E-state index contributed by atoms with van der Waals surface area (Å²) in [5, 5.41) is 25.1. The highest BCUT2D eigenvalue weighted by Gasteiger charge is 2.15. The zero-order valence-corrected chi connectivity index (χ0v) is 13.5. The zero-order valence-electron chi connectivity index (χ0n) is 12.7. The van der Waals surface area contributed by atoms with Crippen LogP contribution in [0.5, 0.6) is 0 Å². The molecule has 0 radical (unpaired) electrons. The molecule has 1 N–H and O–H groups in total. The van der Waals surface area contributed by atoms with Gasteiger partial charge in [-0.2, -0.15) is 0 Å². The van der Waals surface area contributed by atoms with E-state index in [1.54, 1.807) is 0 Å². The summed E-state index contributed by atoms with van der Waals surface area (Å²) in [6, 6.07) is 11.1. The molecule has 25 heavy (non-hydrogen) atoms. The van der Waals surface area contributed by atoms with Crippen LogP contribution in [-0.2, 0) is 6.54 Å². The van der Waals surface area contributed by atoms with Gasteiger partial charge in [0.15, 0.2) is 0 Å². The second-order valence-electron chi connectivity index (χ2n) is 5.23. The average molecular weight is 361 g/mol. The molecule has 0 aliphatic carbocycles. The van der Waals surface area contributed by atoms with E-state index in [2.05, 4.69) is 5.10 Å². The van der Waals surface area contributed by atoms with Crippen molar-refractivity contribution in [1.29, 1.82) is 0 Å². The number of halogens is 1. The molecule has 1 aromatic heterocycles. The van der Waals surface area contributed by atoms with E-state index in [9.17, 15) is 19.6 Å². The molecule has 0 amide bonds. The largest absolute Gasteiger partial charge is 0.409 e. The highest BCUT2D eigenvalue weighted by molar-refractivity contribution is 7.71. The van der Waals surface area contributed by atoms with Crippen LogP contribution in [-0.4, -0.2) is 19.8 Å². The third-order valence-electron chi connectivity index (χ3n) is 3.53. The standard InChI is InChI=1S/C16H12FN3O4S/c17-12-5-1-11(2-6-12)15-18-19(16(25)24-15)9-14(21)10-3-7-13(8-4-10)20(22)23/h1-8,14,21H,9H2/t14-/m1/s1. The number of non-ortho nitro benzene ring substituents is 1. The summed E-state index contributed by atoms with van der Waals surface area (Å²) in [5.74, 6) is -0.170. The molecule has 0 unspecified atom stereocenters. The number of benzene rings is 2. The quantitative estimate of drug-likeness (QED) is 0.423. The van der Waals surface area contributed by atoms with Gasteiger partial charge in [0, 0.05) is 17.7 Å². The molecule has 0 aliphatic heterocycles. The molecule has 0 aliphatic rings. The second-order valence-corrected chi connectivity index (χ2v) is 5.58.